The summed E-state index contributed by atoms with van der Waals surface area (Å²) in [5.41, 5.74) is 1.10. The molecule has 0 saturated carbocycles. The monoisotopic (exact) mass is 424 g/mol. The van der Waals surface area contributed by atoms with Gasteiger partial charge in [-0.15, -0.1) is 0 Å². The van der Waals surface area contributed by atoms with Crippen LogP contribution in [0.1, 0.15) is 50.8 Å². The molecule has 8 heteroatoms. The van der Waals surface area contributed by atoms with Crippen molar-refractivity contribution < 1.29 is 28.2 Å². The molecule has 0 spiro atoms. The second-order valence-electron chi connectivity index (χ2n) is 8.54. The minimum absolute atomic E-state index is 0.0232. The van der Waals surface area contributed by atoms with Crippen molar-refractivity contribution in [3.05, 3.63) is 35.1 Å². The minimum atomic E-state index is -0.571. The Bertz CT molecular complexity index is 735. The molecule has 1 saturated heterocycles. The molecular formula is C22H33FN2O5. The molecule has 0 radical (unpaired) electrons. The first-order valence-electron chi connectivity index (χ1n) is 10.3. The number of carbonyl (C=O) groups is 2. The van der Waals surface area contributed by atoms with E-state index in [1.807, 2.05) is 27.7 Å². The molecule has 7 nitrogen and oxygen atoms in total. The maximum atomic E-state index is 14.0. The number of hydrogen-bond donors (Lipinski definition) is 1. The number of alkyl carbamates (subject to hydrolysis) is 1. The highest BCUT2D eigenvalue weighted by Crippen LogP contribution is 2.35. The van der Waals surface area contributed by atoms with E-state index < -0.39 is 17.8 Å². The van der Waals surface area contributed by atoms with E-state index >= 15 is 0 Å². The predicted molar refractivity (Wildman–Crippen MR) is 111 cm³/mol. The Balaban J connectivity index is 2.15. The molecule has 2 atom stereocenters. The average molecular weight is 425 g/mol. The molecule has 2 rings (SSSR count). The fraction of sp³-hybridized carbons (Fsp3) is 0.636. The summed E-state index contributed by atoms with van der Waals surface area (Å²) in [5, 5.41) is 2.58. The SMILES string of the molecule is COC(=O)NCCO[C@@H](c1cc(F)ccc1C)[C@@H]1CCCN(C(=O)OC(C)(C)C)C1. The van der Waals surface area contributed by atoms with Crippen LogP contribution in [0.3, 0.4) is 0 Å². The molecule has 1 aliphatic rings. The van der Waals surface area contributed by atoms with Gasteiger partial charge in [-0.1, -0.05) is 6.07 Å². The van der Waals surface area contributed by atoms with E-state index in [0.29, 0.717) is 13.1 Å². The molecule has 1 aromatic rings. The molecule has 0 aliphatic carbocycles. The summed E-state index contributed by atoms with van der Waals surface area (Å²) in [5.74, 6) is -0.360. The van der Waals surface area contributed by atoms with Gasteiger partial charge in [0.2, 0.25) is 0 Å². The first-order chi connectivity index (χ1) is 14.1. The zero-order valence-electron chi connectivity index (χ0n) is 18.5. The molecule has 1 fully saturated rings. The van der Waals surface area contributed by atoms with Crippen LogP contribution in [-0.2, 0) is 14.2 Å². The minimum Gasteiger partial charge on any atom is -0.453 e. The topological polar surface area (TPSA) is 77.1 Å². The van der Waals surface area contributed by atoms with Crippen LogP contribution in [0.15, 0.2) is 18.2 Å². The van der Waals surface area contributed by atoms with Crippen molar-refractivity contribution in [3.63, 3.8) is 0 Å². The van der Waals surface area contributed by atoms with Crippen LogP contribution in [0.2, 0.25) is 0 Å². The number of benzene rings is 1. The Morgan fingerprint density at radius 2 is 2.07 bits per heavy atom. The van der Waals surface area contributed by atoms with Gasteiger partial charge in [0, 0.05) is 25.6 Å². The Kier molecular flexibility index (Phi) is 8.46. The van der Waals surface area contributed by atoms with Crippen LogP contribution < -0.4 is 5.32 Å². The van der Waals surface area contributed by atoms with Crippen LogP contribution in [0.5, 0.6) is 0 Å². The number of carbonyl (C=O) groups excluding carboxylic acids is 2. The Morgan fingerprint density at radius 3 is 2.73 bits per heavy atom. The van der Waals surface area contributed by atoms with Crippen LogP contribution in [0, 0.1) is 18.7 Å². The number of hydrogen-bond acceptors (Lipinski definition) is 5. The highest BCUT2D eigenvalue weighted by molar-refractivity contribution is 5.68. The summed E-state index contributed by atoms with van der Waals surface area (Å²) in [6, 6.07) is 4.63. The van der Waals surface area contributed by atoms with E-state index in [1.54, 1.807) is 11.0 Å². The van der Waals surface area contributed by atoms with E-state index in [-0.39, 0.29) is 31.0 Å². The third-order valence-electron chi connectivity index (χ3n) is 4.94. The summed E-state index contributed by atoms with van der Waals surface area (Å²) >= 11 is 0. The Labute approximate surface area is 177 Å². The molecule has 168 valence electrons. The molecule has 0 bridgehead atoms. The molecule has 1 aromatic carbocycles. The number of nitrogens with zero attached hydrogens (tertiary/aromatic N) is 1. The van der Waals surface area contributed by atoms with Gasteiger partial charge in [0.05, 0.1) is 19.8 Å². The van der Waals surface area contributed by atoms with Crippen molar-refractivity contribution in [2.75, 3.05) is 33.4 Å². The number of methoxy groups -OCH3 is 1. The molecule has 0 aromatic heterocycles. The van der Waals surface area contributed by atoms with Crippen molar-refractivity contribution in [3.8, 4) is 0 Å². The normalized spacial score (nSPS) is 17.9. The van der Waals surface area contributed by atoms with Crippen molar-refractivity contribution >= 4 is 12.2 Å². The lowest BCUT2D eigenvalue weighted by atomic mass is 9.86. The quantitative estimate of drug-likeness (QED) is 0.693. The van der Waals surface area contributed by atoms with Crippen molar-refractivity contribution in [1.29, 1.82) is 0 Å². The summed E-state index contributed by atoms with van der Waals surface area (Å²) in [6.45, 7) is 8.99. The van der Waals surface area contributed by atoms with Gasteiger partial charge >= 0.3 is 12.2 Å². The van der Waals surface area contributed by atoms with Crippen molar-refractivity contribution in [2.24, 2.45) is 5.92 Å². The molecule has 1 N–H and O–H groups in total. The zero-order chi connectivity index (χ0) is 22.3. The molecule has 2 amide bonds. The number of amides is 2. The zero-order valence-corrected chi connectivity index (χ0v) is 18.5. The van der Waals surface area contributed by atoms with Gasteiger partial charge < -0.3 is 24.4 Å². The Hall–Kier alpha value is -2.35. The summed E-state index contributed by atoms with van der Waals surface area (Å²) in [7, 11) is 1.29. The number of nitrogens with one attached hydrogen (secondary N) is 1. The van der Waals surface area contributed by atoms with Gasteiger partial charge in [-0.2, -0.15) is 0 Å². The second kappa shape index (κ2) is 10.6. The number of aryl methyl sites for hydroxylation is 1. The van der Waals surface area contributed by atoms with Crippen LogP contribution in [0.4, 0.5) is 14.0 Å². The number of rotatable bonds is 6. The standard InChI is InChI=1S/C22H33FN2O5/c1-15-8-9-17(23)13-18(15)19(29-12-10-24-20(26)28-5)16-7-6-11-25(14-16)21(27)30-22(2,3)4/h8-9,13,16,19H,6-7,10-12,14H2,1-5H3,(H,24,26)/t16-,19-/m1/s1. The molecular weight excluding hydrogens is 391 g/mol. The molecule has 30 heavy (non-hydrogen) atoms. The van der Waals surface area contributed by atoms with E-state index in [2.05, 4.69) is 10.1 Å². The number of halogens is 1. The first-order valence-corrected chi connectivity index (χ1v) is 10.3. The first kappa shape index (κ1) is 23.9. The summed E-state index contributed by atoms with van der Waals surface area (Å²) in [6.07, 6.45) is 0.341. The third kappa shape index (κ3) is 7.16. The van der Waals surface area contributed by atoms with E-state index in [1.165, 1.54) is 19.2 Å². The van der Waals surface area contributed by atoms with Gasteiger partial charge in [0.25, 0.3) is 0 Å². The lowest BCUT2D eigenvalue weighted by Crippen LogP contribution is -2.44. The fourth-order valence-corrected chi connectivity index (χ4v) is 3.56. The molecule has 1 aliphatic heterocycles. The summed E-state index contributed by atoms with van der Waals surface area (Å²) in [4.78, 5) is 25.5. The van der Waals surface area contributed by atoms with Crippen LogP contribution in [-0.4, -0.2) is 56.0 Å². The smallest absolute Gasteiger partial charge is 0.410 e. The third-order valence-corrected chi connectivity index (χ3v) is 4.94. The maximum absolute atomic E-state index is 14.0. The highest BCUT2D eigenvalue weighted by atomic mass is 19.1. The van der Waals surface area contributed by atoms with Gasteiger partial charge in [0.1, 0.15) is 11.4 Å². The van der Waals surface area contributed by atoms with E-state index in [0.717, 1.165) is 24.0 Å². The molecule has 1 heterocycles. The number of ether oxygens (including phenoxy) is 3. The van der Waals surface area contributed by atoms with E-state index in [4.69, 9.17) is 9.47 Å². The van der Waals surface area contributed by atoms with Crippen molar-refractivity contribution in [1.82, 2.24) is 10.2 Å². The average Bonchev–Trinajstić information content (AvgIpc) is 2.68. The highest BCUT2D eigenvalue weighted by Gasteiger charge is 2.33. The van der Waals surface area contributed by atoms with Crippen LogP contribution >= 0.6 is 0 Å². The van der Waals surface area contributed by atoms with Gasteiger partial charge in [-0.25, -0.2) is 14.0 Å². The van der Waals surface area contributed by atoms with Gasteiger partial charge in [-0.3, -0.25) is 0 Å². The molecule has 0 unspecified atom stereocenters. The van der Waals surface area contributed by atoms with Crippen molar-refractivity contribution in [2.45, 2.75) is 52.2 Å². The fourth-order valence-electron chi connectivity index (χ4n) is 3.56. The lowest BCUT2D eigenvalue weighted by molar-refractivity contribution is -0.0249. The second-order valence-corrected chi connectivity index (χ2v) is 8.54. The largest absolute Gasteiger partial charge is 0.453 e. The maximum Gasteiger partial charge on any atom is 0.410 e. The number of piperidine rings is 1. The van der Waals surface area contributed by atoms with E-state index in [9.17, 15) is 14.0 Å². The predicted octanol–water partition coefficient (Wildman–Crippen LogP) is 4.19. The van der Waals surface area contributed by atoms with Gasteiger partial charge in [0.15, 0.2) is 0 Å². The Morgan fingerprint density at radius 1 is 1.33 bits per heavy atom. The lowest BCUT2D eigenvalue weighted by Gasteiger charge is -2.38. The van der Waals surface area contributed by atoms with Gasteiger partial charge in [-0.05, 0) is 63.8 Å². The number of likely N-dealkylation sites (tertiary alicyclic amines) is 1. The summed E-state index contributed by atoms with van der Waals surface area (Å²) < 4.78 is 30.2. The van der Waals surface area contributed by atoms with Crippen LogP contribution in [0.25, 0.3) is 0 Å².